The summed E-state index contributed by atoms with van der Waals surface area (Å²) in [4.78, 5) is 28.6. The van der Waals surface area contributed by atoms with Gasteiger partial charge in [0.05, 0.1) is 19.1 Å². The number of aliphatic imine (C=N–C) groups is 1. The van der Waals surface area contributed by atoms with Crippen molar-refractivity contribution in [3.05, 3.63) is 34.8 Å². The number of dihydropyridines is 1. The summed E-state index contributed by atoms with van der Waals surface area (Å²) >= 11 is 6.19. The van der Waals surface area contributed by atoms with Gasteiger partial charge in [-0.15, -0.1) is 0 Å². The van der Waals surface area contributed by atoms with Gasteiger partial charge in [-0.3, -0.25) is 4.79 Å². The maximum Gasteiger partial charge on any atom is 0.246 e. The number of carbonyl (C=O) groups is 1. The van der Waals surface area contributed by atoms with Gasteiger partial charge >= 0.3 is 0 Å². The van der Waals surface area contributed by atoms with Gasteiger partial charge in [-0.1, -0.05) is 6.08 Å². The number of morpholine rings is 1. The van der Waals surface area contributed by atoms with E-state index in [1.54, 1.807) is 26.4 Å². The summed E-state index contributed by atoms with van der Waals surface area (Å²) in [5.41, 5.74) is 1.55. The number of carbonyl (C=O) groups excluding carboxylic acids is 1. The van der Waals surface area contributed by atoms with E-state index < -0.39 is 6.23 Å². The number of hydrogen-bond donors (Lipinski definition) is 0. The number of rotatable bonds is 3. The molecule has 0 N–H and O–H groups in total. The lowest BCUT2D eigenvalue weighted by Crippen LogP contribution is -2.37. The third kappa shape index (κ3) is 3.54. The second-order valence-electron chi connectivity index (χ2n) is 6.68. The lowest BCUT2D eigenvalue weighted by Gasteiger charge is -2.28. The van der Waals surface area contributed by atoms with Gasteiger partial charge in [0.1, 0.15) is 5.69 Å². The average Bonchev–Trinajstić information content (AvgIpc) is 3.04. The summed E-state index contributed by atoms with van der Waals surface area (Å²) < 4.78 is 11.5. The zero-order valence-corrected chi connectivity index (χ0v) is 15.9. The van der Waals surface area contributed by atoms with Gasteiger partial charge in [-0.2, -0.15) is 4.98 Å². The number of amides is 1. The lowest BCUT2D eigenvalue weighted by molar-refractivity contribution is -0.123. The van der Waals surface area contributed by atoms with Crippen molar-refractivity contribution in [2.24, 2.45) is 4.99 Å². The predicted octanol–water partition coefficient (Wildman–Crippen LogP) is 1.42. The van der Waals surface area contributed by atoms with Crippen molar-refractivity contribution in [2.45, 2.75) is 12.1 Å². The van der Waals surface area contributed by atoms with Crippen LogP contribution < -0.4 is 9.64 Å². The predicted molar refractivity (Wildman–Crippen MR) is 102 cm³/mol. The molecule has 1 saturated heterocycles. The minimum Gasteiger partial charge on any atom is -0.462 e. The van der Waals surface area contributed by atoms with Gasteiger partial charge in [0, 0.05) is 39.5 Å². The molecule has 2 atom stereocenters. The van der Waals surface area contributed by atoms with Crippen LogP contribution in [-0.2, 0) is 9.53 Å². The van der Waals surface area contributed by atoms with E-state index in [1.165, 1.54) is 11.0 Å². The van der Waals surface area contributed by atoms with Gasteiger partial charge in [0.25, 0.3) is 0 Å². The van der Waals surface area contributed by atoms with E-state index in [9.17, 15) is 4.79 Å². The zero-order chi connectivity index (χ0) is 19.0. The van der Waals surface area contributed by atoms with E-state index >= 15 is 0 Å². The highest BCUT2D eigenvalue weighted by Crippen LogP contribution is 2.45. The Morgan fingerprint density at radius 2 is 2.11 bits per heavy atom. The Balaban J connectivity index is 1.65. The molecule has 0 saturated carbocycles. The van der Waals surface area contributed by atoms with Crippen LogP contribution in [-0.4, -0.2) is 73.6 Å². The van der Waals surface area contributed by atoms with Crippen molar-refractivity contribution in [3.8, 4) is 5.75 Å². The summed E-state index contributed by atoms with van der Waals surface area (Å²) in [6.45, 7) is 2.71. The fourth-order valence-electron chi connectivity index (χ4n) is 3.19. The minimum absolute atomic E-state index is 0.0885. The molecule has 0 spiro atoms. The quantitative estimate of drug-likeness (QED) is 0.574. The van der Waals surface area contributed by atoms with Gasteiger partial charge in [-0.25, -0.2) is 9.98 Å². The second-order valence-corrected chi connectivity index (χ2v) is 7.01. The van der Waals surface area contributed by atoms with Crippen molar-refractivity contribution in [3.63, 3.8) is 0 Å². The third-order valence-corrected chi connectivity index (χ3v) is 4.79. The highest BCUT2D eigenvalue weighted by atomic mass is 35.5. The van der Waals surface area contributed by atoms with E-state index in [0.717, 1.165) is 24.4 Å². The Hall–Kier alpha value is -2.45. The van der Waals surface area contributed by atoms with Crippen molar-refractivity contribution < 1.29 is 14.3 Å². The topological polar surface area (TPSA) is 80.2 Å². The monoisotopic (exact) mass is 389 g/mol. The molecule has 0 bridgehead atoms. The molecule has 1 fully saturated rings. The van der Waals surface area contributed by atoms with Gasteiger partial charge in [-0.05, 0) is 23.3 Å². The number of halogens is 1. The number of likely N-dealkylation sites (N-methyl/N-ethyl adjacent to an activating group) is 1. The van der Waals surface area contributed by atoms with Crippen molar-refractivity contribution in [1.82, 2.24) is 14.9 Å². The number of allylic oxidation sites excluding steroid dienone is 2. The molecule has 1 amide bonds. The maximum atomic E-state index is 11.8. The van der Waals surface area contributed by atoms with E-state index in [1.807, 2.05) is 6.08 Å². The Morgan fingerprint density at radius 1 is 1.33 bits per heavy atom. The molecule has 0 radical (unpaired) electrons. The standard InChI is InChI=1S/C18H20ClN5O3/c1-23(2)13(25)4-3-11-9-12-14-15(27-17(12)20-10-11)16(22-18(19)21-14)24-5-7-26-8-6-24/h3-4,9-10,12,17H,5-8H2,1-2H3. The maximum absolute atomic E-state index is 11.8. The van der Waals surface area contributed by atoms with E-state index in [4.69, 9.17) is 21.1 Å². The van der Waals surface area contributed by atoms with Crippen molar-refractivity contribution >= 4 is 29.5 Å². The minimum atomic E-state index is -0.394. The van der Waals surface area contributed by atoms with Crippen molar-refractivity contribution in [2.75, 3.05) is 45.3 Å². The van der Waals surface area contributed by atoms with Crippen LogP contribution in [0.25, 0.3) is 0 Å². The fraction of sp³-hybridized carbons (Fsp3) is 0.444. The largest absolute Gasteiger partial charge is 0.462 e. The number of aromatic nitrogens is 2. The van der Waals surface area contributed by atoms with Gasteiger partial charge in [0.2, 0.25) is 17.4 Å². The average molecular weight is 390 g/mol. The Bertz CT molecular complexity index is 846. The Kier molecular flexibility index (Phi) is 4.84. The van der Waals surface area contributed by atoms with Gasteiger partial charge < -0.3 is 19.3 Å². The molecule has 142 valence electrons. The first-order valence-electron chi connectivity index (χ1n) is 8.74. The molecule has 2 unspecified atom stereocenters. The SMILES string of the molecule is CN(C)C(=O)C=CC1=CC2c3nc(Cl)nc(N4CCOCC4)c3OC2N=C1. The van der Waals surface area contributed by atoms with Gasteiger partial charge in [0.15, 0.2) is 11.6 Å². The van der Waals surface area contributed by atoms with E-state index in [0.29, 0.717) is 24.8 Å². The van der Waals surface area contributed by atoms with Crippen LogP contribution in [0.2, 0.25) is 5.28 Å². The molecule has 3 aliphatic rings. The van der Waals surface area contributed by atoms with Crippen LogP contribution >= 0.6 is 11.6 Å². The molecular formula is C18H20ClN5O3. The van der Waals surface area contributed by atoms with Crippen LogP contribution in [0.5, 0.6) is 5.75 Å². The first-order valence-corrected chi connectivity index (χ1v) is 9.12. The Morgan fingerprint density at radius 3 is 2.85 bits per heavy atom. The smallest absolute Gasteiger partial charge is 0.246 e. The number of hydrogen-bond acceptors (Lipinski definition) is 7. The summed E-state index contributed by atoms with van der Waals surface area (Å²) in [7, 11) is 3.42. The third-order valence-electron chi connectivity index (χ3n) is 4.62. The van der Waals surface area contributed by atoms with Crippen LogP contribution in [0, 0.1) is 0 Å². The van der Waals surface area contributed by atoms with Crippen LogP contribution in [0.15, 0.2) is 28.8 Å². The number of anilines is 1. The molecule has 9 heteroatoms. The number of fused-ring (bicyclic) bond motifs is 3. The zero-order valence-electron chi connectivity index (χ0n) is 15.1. The Labute approximate surface area is 162 Å². The van der Waals surface area contributed by atoms with Crippen LogP contribution in [0.3, 0.4) is 0 Å². The summed E-state index contributed by atoms with van der Waals surface area (Å²) in [6.07, 6.45) is 6.56. The summed E-state index contributed by atoms with van der Waals surface area (Å²) in [6, 6.07) is 0. The first kappa shape index (κ1) is 17.9. The second kappa shape index (κ2) is 7.28. The molecule has 27 heavy (non-hydrogen) atoms. The molecule has 4 heterocycles. The molecule has 0 aliphatic carbocycles. The van der Waals surface area contributed by atoms with E-state index in [2.05, 4.69) is 19.9 Å². The van der Waals surface area contributed by atoms with Crippen LogP contribution in [0.1, 0.15) is 11.6 Å². The molecule has 3 aliphatic heterocycles. The fourth-order valence-corrected chi connectivity index (χ4v) is 3.37. The molecule has 4 rings (SSSR count). The normalized spacial score (nSPS) is 23.7. The van der Waals surface area contributed by atoms with E-state index in [-0.39, 0.29) is 17.1 Å². The molecule has 1 aromatic heterocycles. The summed E-state index contributed by atoms with van der Waals surface area (Å²) in [5.74, 6) is 1.05. The van der Waals surface area contributed by atoms with Crippen LogP contribution in [0.4, 0.5) is 5.82 Å². The molecule has 1 aromatic rings. The first-order chi connectivity index (χ1) is 13.0. The number of nitrogens with zero attached hydrogens (tertiary/aromatic N) is 5. The summed E-state index contributed by atoms with van der Waals surface area (Å²) in [5, 5.41) is 0.183. The lowest BCUT2D eigenvalue weighted by atomic mass is 9.99. The highest BCUT2D eigenvalue weighted by molar-refractivity contribution is 6.28. The molecule has 0 aromatic carbocycles. The number of ether oxygens (including phenoxy) is 2. The molecular weight excluding hydrogens is 370 g/mol. The molecule has 8 nitrogen and oxygen atoms in total. The van der Waals surface area contributed by atoms with Crippen molar-refractivity contribution in [1.29, 1.82) is 0 Å². The highest BCUT2D eigenvalue weighted by Gasteiger charge is 2.39.